The molecule has 1 aliphatic rings. The van der Waals surface area contributed by atoms with Crippen molar-refractivity contribution in [3.8, 4) is 11.3 Å². The highest BCUT2D eigenvalue weighted by Crippen LogP contribution is 2.38. The number of benzene rings is 8. The minimum absolute atomic E-state index is 0.0992. The Kier molecular flexibility index (Phi) is 36.5. The number of nitro benzene ring substituents is 1. The Balaban J connectivity index is 0.000000245. The van der Waals surface area contributed by atoms with Crippen molar-refractivity contribution >= 4 is 48.5 Å². The van der Waals surface area contributed by atoms with E-state index in [9.17, 15) is 23.3 Å². The maximum Gasteiger partial charge on any atom is 0.416 e. The van der Waals surface area contributed by atoms with Crippen molar-refractivity contribution in [1.82, 2.24) is 4.98 Å². The van der Waals surface area contributed by atoms with Crippen LogP contribution in [-0.2, 0) is 24.4 Å². The first-order valence-corrected chi connectivity index (χ1v) is 37.8. The van der Waals surface area contributed by atoms with Gasteiger partial charge in [-0.15, -0.1) is 0 Å². The number of aryl methyl sites for hydroxylation is 2. The molecule has 542 valence electrons. The third-order valence-corrected chi connectivity index (χ3v) is 19.6. The summed E-state index contributed by atoms with van der Waals surface area (Å²) < 4.78 is 44.8. The molecular weight excluding hydrogens is 1390 g/mol. The quantitative estimate of drug-likeness (QED) is 0.0903. The molecule has 0 saturated carbocycles. The molecule has 0 aliphatic heterocycles. The van der Waals surface area contributed by atoms with E-state index in [1.165, 1.54) is 94.6 Å². The van der Waals surface area contributed by atoms with Gasteiger partial charge in [0.1, 0.15) is 5.76 Å². The van der Waals surface area contributed by atoms with Gasteiger partial charge in [-0.2, -0.15) is 13.2 Å². The Labute approximate surface area is 623 Å². The summed E-state index contributed by atoms with van der Waals surface area (Å²) in [4.78, 5) is 14.3. The van der Waals surface area contributed by atoms with Gasteiger partial charge in [0.2, 0.25) is 0 Å². The molecule has 1 aliphatic carbocycles. The number of fused-ring (bicyclic) bond motifs is 2. The van der Waals surface area contributed by atoms with Gasteiger partial charge in [-0.1, -0.05) is 290 Å². The van der Waals surface area contributed by atoms with Gasteiger partial charge in [0, 0.05) is 38.2 Å². The molecule has 0 saturated heterocycles. The zero-order valence-corrected chi connectivity index (χ0v) is 67.2. The third kappa shape index (κ3) is 29.5. The minimum Gasteiger partial charge on any atom is -0.464 e. The van der Waals surface area contributed by atoms with Gasteiger partial charge < -0.3 is 4.42 Å². The van der Waals surface area contributed by atoms with E-state index in [-0.39, 0.29) is 21.9 Å². The summed E-state index contributed by atoms with van der Waals surface area (Å²) in [6.07, 6.45) is 5.85. The average Bonchev–Trinajstić information content (AvgIpc) is 1.35. The monoisotopic (exact) mass is 1500 g/mol. The summed E-state index contributed by atoms with van der Waals surface area (Å²) in [6.45, 7) is 43.3. The second-order valence-electron chi connectivity index (χ2n) is 29.5. The Morgan fingerprint density at radius 2 is 1.06 bits per heavy atom. The number of para-hydroxylation sites is 1. The number of rotatable bonds is 12. The summed E-state index contributed by atoms with van der Waals surface area (Å²) in [6, 6.07) is 68.4. The fraction of sp³-hybridized carbons (Fsp3) is 0.396. The van der Waals surface area contributed by atoms with Crippen LogP contribution in [0.5, 0.6) is 0 Å². The van der Waals surface area contributed by atoms with Crippen LogP contribution in [-0.4, -0.2) is 9.91 Å². The van der Waals surface area contributed by atoms with Crippen molar-refractivity contribution in [2.24, 2.45) is 5.92 Å². The molecule has 2 heterocycles. The molecule has 0 fully saturated rings. The molecule has 10 aromatic rings. The standard InChI is InChI=1S/C13H14O.C13H18.C13H20.C12H13N.C12H18.C10H11F3.C9H10Br2.C9H11NO2/c1-10(2)11-5-3-6-12(9-11)13-7-4-8-14-13;1-10(2)12-9-5-7-11-6-3-4-8-13(11)12;1-10(2)11-6-8-12(9-7-11)13(3,4)5;1-9(2)10-7-8-13-12-6-4-3-5-11(10)12;1-4-6-11-7-5-8-12(9-11)10(2)3;1-7(2)8-5-3-4-6-9(8)10(11,12)13;1-6(2)7-3-4-8(10)9(11)5-7;1-7(2)8-4-3-5-9(6-8)10(11)12/h3-10H,1-2H3;3-4,6,8,10,12H,5,7,9H2,1-2H3;6-10H,1-5H3;3-9H,1-2H3;5,7-10H,4,6H2,1-3H3;3-7H,1-2H3;3-6H,1-2H3;3-7H,1-2H3. The van der Waals surface area contributed by atoms with E-state index < -0.39 is 11.7 Å². The molecular formula is C91H115Br2F3N2O3. The van der Waals surface area contributed by atoms with E-state index in [0.29, 0.717) is 41.1 Å². The second kappa shape index (κ2) is 42.9. The van der Waals surface area contributed by atoms with E-state index >= 15 is 0 Å². The van der Waals surface area contributed by atoms with Gasteiger partial charge in [0.05, 0.1) is 22.3 Å². The zero-order valence-electron chi connectivity index (χ0n) is 64.0. The molecule has 5 nitrogen and oxygen atoms in total. The highest BCUT2D eigenvalue weighted by molar-refractivity contribution is 9.13. The number of hydrogen-bond acceptors (Lipinski definition) is 4. The van der Waals surface area contributed by atoms with Crippen LogP contribution < -0.4 is 0 Å². The number of nitrogens with zero attached hydrogens (tertiary/aromatic N) is 2. The molecule has 11 rings (SSSR count). The summed E-state index contributed by atoms with van der Waals surface area (Å²) in [5, 5.41) is 11.7. The van der Waals surface area contributed by atoms with Crippen LogP contribution in [0.15, 0.2) is 232 Å². The van der Waals surface area contributed by atoms with E-state index in [4.69, 9.17) is 4.42 Å². The normalized spacial score (nSPS) is 12.5. The first kappa shape index (κ1) is 86.0. The molecule has 0 spiro atoms. The molecule has 0 bridgehead atoms. The van der Waals surface area contributed by atoms with Gasteiger partial charge >= 0.3 is 6.18 Å². The van der Waals surface area contributed by atoms with Crippen molar-refractivity contribution in [1.29, 1.82) is 0 Å². The number of furan rings is 1. The number of non-ortho nitro benzene ring substituents is 1. The van der Waals surface area contributed by atoms with Crippen molar-refractivity contribution in [3.63, 3.8) is 0 Å². The summed E-state index contributed by atoms with van der Waals surface area (Å²) in [7, 11) is 0. The van der Waals surface area contributed by atoms with Gasteiger partial charge in [-0.25, -0.2) is 0 Å². The van der Waals surface area contributed by atoms with Crippen molar-refractivity contribution in [2.45, 2.75) is 230 Å². The topological polar surface area (TPSA) is 69.2 Å². The van der Waals surface area contributed by atoms with Crippen molar-refractivity contribution in [2.75, 3.05) is 0 Å². The number of pyridine rings is 1. The van der Waals surface area contributed by atoms with Gasteiger partial charge in [-0.05, 0) is 226 Å². The van der Waals surface area contributed by atoms with Crippen LogP contribution in [0.1, 0.15) is 272 Å². The van der Waals surface area contributed by atoms with E-state index in [2.05, 4.69) is 287 Å². The number of nitro groups is 1. The predicted octanol–water partition coefficient (Wildman–Crippen LogP) is 29.9. The number of hydrogen-bond donors (Lipinski definition) is 0. The highest BCUT2D eigenvalue weighted by atomic mass is 79.9. The lowest BCUT2D eigenvalue weighted by Crippen LogP contribution is -2.14. The molecule has 0 amide bonds. The Morgan fingerprint density at radius 1 is 0.525 bits per heavy atom. The maximum absolute atomic E-state index is 12.4. The molecule has 1 unspecified atom stereocenters. The van der Waals surface area contributed by atoms with Crippen LogP contribution in [0.25, 0.3) is 22.2 Å². The molecule has 8 aromatic carbocycles. The largest absolute Gasteiger partial charge is 0.464 e. The molecule has 2 aromatic heterocycles. The maximum atomic E-state index is 12.4. The molecule has 1 atom stereocenters. The third-order valence-electron chi connectivity index (χ3n) is 17.7. The fourth-order valence-corrected chi connectivity index (χ4v) is 12.1. The second-order valence-corrected chi connectivity index (χ2v) is 31.2. The van der Waals surface area contributed by atoms with Crippen LogP contribution in [0.2, 0.25) is 0 Å². The highest BCUT2D eigenvalue weighted by Gasteiger charge is 2.33. The Morgan fingerprint density at radius 3 is 1.59 bits per heavy atom. The summed E-state index contributed by atoms with van der Waals surface area (Å²) in [5.41, 5.74) is 16.6. The summed E-state index contributed by atoms with van der Waals surface area (Å²) >= 11 is 6.90. The molecule has 0 N–H and O–H groups in total. The van der Waals surface area contributed by atoms with Crippen LogP contribution in [0.4, 0.5) is 18.9 Å². The molecule has 0 radical (unpaired) electrons. The first-order chi connectivity index (χ1) is 47.6. The van der Waals surface area contributed by atoms with Crippen molar-refractivity contribution < 1.29 is 22.5 Å². The van der Waals surface area contributed by atoms with Crippen LogP contribution in [0.3, 0.4) is 0 Å². The number of halogens is 5. The lowest BCUT2D eigenvalue weighted by atomic mass is 9.77. The molecule has 101 heavy (non-hydrogen) atoms. The molecule has 10 heteroatoms. The van der Waals surface area contributed by atoms with Crippen LogP contribution in [0, 0.1) is 16.0 Å². The Hall–Kier alpha value is -7.40. The van der Waals surface area contributed by atoms with Gasteiger partial charge in [-0.3, -0.25) is 15.1 Å². The number of aromatic nitrogens is 1. The Bertz CT molecular complexity index is 4000. The fourth-order valence-electron chi connectivity index (χ4n) is 11.5. The van der Waals surface area contributed by atoms with Gasteiger partial charge in [0.25, 0.3) is 5.69 Å². The van der Waals surface area contributed by atoms with E-state index in [1.807, 2.05) is 44.3 Å². The summed E-state index contributed by atoms with van der Waals surface area (Å²) in [5.74, 6) is 5.79. The van der Waals surface area contributed by atoms with Crippen LogP contribution >= 0.6 is 31.9 Å². The lowest BCUT2D eigenvalue weighted by molar-refractivity contribution is -0.384. The predicted molar refractivity (Wildman–Crippen MR) is 433 cm³/mol. The van der Waals surface area contributed by atoms with Gasteiger partial charge in [0.15, 0.2) is 0 Å². The zero-order chi connectivity index (χ0) is 75.1. The smallest absolute Gasteiger partial charge is 0.416 e. The average molecular weight is 1500 g/mol. The first-order valence-electron chi connectivity index (χ1n) is 36.2. The van der Waals surface area contributed by atoms with E-state index in [1.54, 1.807) is 49.4 Å². The van der Waals surface area contributed by atoms with E-state index in [0.717, 1.165) is 49.3 Å². The lowest BCUT2D eigenvalue weighted by Gasteiger charge is -2.28. The minimum atomic E-state index is -4.24. The number of alkyl halides is 3. The van der Waals surface area contributed by atoms with Crippen molar-refractivity contribution in [3.05, 3.63) is 305 Å². The SMILES string of the molecule is CC(C)C1CCCc2ccccc21.CC(C)c1ccc(Br)c(Br)c1.CC(C)c1ccc(C(C)(C)C)cc1.CC(C)c1cccc(-c2ccco2)c1.CC(C)c1cccc([N+](=O)[O-])c1.CC(C)c1ccccc1C(F)(F)F.CC(C)c1ccnc2ccccc12.CCCc1cccc(C(C)C)c1.